The van der Waals surface area contributed by atoms with Crippen LogP contribution in [0.5, 0.6) is 11.5 Å². The summed E-state index contributed by atoms with van der Waals surface area (Å²) in [5, 5.41) is 2.82. The van der Waals surface area contributed by atoms with Gasteiger partial charge in [-0.15, -0.1) is 0 Å². The van der Waals surface area contributed by atoms with Gasteiger partial charge in [-0.2, -0.15) is 0 Å². The van der Waals surface area contributed by atoms with E-state index in [1.54, 1.807) is 23.1 Å². The minimum Gasteiger partial charge on any atom is -0.454 e. The van der Waals surface area contributed by atoms with Crippen LogP contribution in [0.2, 0.25) is 0 Å². The third-order valence-corrected chi connectivity index (χ3v) is 3.91. The van der Waals surface area contributed by atoms with E-state index < -0.39 is 0 Å². The van der Waals surface area contributed by atoms with Crippen LogP contribution in [0.15, 0.2) is 42.5 Å². The van der Waals surface area contributed by atoms with Crippen LogP contribution >= 0.6 is 0 Å². The van der Waals surface area contributed by atoms with Crippen molar-refractivity contribution in [2.45, 2.75) is 20.3 Å². The minimum atomic E-state index is -0.169. The number of aryl methyl sites for hydroxylation is 1. The van der Waals surface area contributed by atoms with Crippen LogP contribution in [0.1, 0.15) is 18.9 Å². The molecule has 25 heavy (non-hydrogen) atoms. The Bertz CT molecular complexity index is 804. The molecule has 0 fully saturated rings. The molecule has 0 spiro atoms. The summed E-state index contributed by atoms with van der Waals surface area (Å²) in [6.45, 7) is 3.97. The number of ether oxygens (including phenoxy) is 2. The van der Waals surface area contributed by atoms with Gasteiger partial charge >= 0.3 is 0 Å². The third-order valence-electron chi connectivity index (χ3n) is 3.91. The van der Waals surface area contributed by atoms with Gasteiger partial charge in [0.2, 0.25) is 18.6 Å². The molecule has 130 valence electrons. The monoisotopic (exact) mass is 340 g/mol. The van der Waals surface area contributed by atoms with E-state index >= 15 is 0 Å². The molecule has 0 saturated carbocycles. The molecular weight excluding hydrogens is 320 g/mol. The summed E-state index contributed by atoms with van der Waals surface area (Å²) in [4.78, 5) is 25.7. The van der Waals surface area contributed by atoms with E-state index in [9.17, 15) is 9.59 Å². The molecule has 1 aliphatic rings. The van der Waals surface area contributed by atoms with E-state index in [0.29, 0.717) is 23.7 Å². The lowest BCUT2D eigenvalue weighted by Crippen LogP contribution is -2.32. The van der Waals surface area contributed by atoms with Gasteiger partial charge in [0.05, 0.1) is 0 Å². The number of fused-ring (bicyclic) bond motifs is 1. The average Bonchev–Trinajstić information content (AvgIpc) is 3.02. The Balaban J connectivity index is 1.61. The zero-order valence-electron chi connectivity index (χ0n) is 14.2. The van der Waals surface area contributed by atoms with Crippen LogP contribution in [0, 0.1) is 6.92 Å². The van der Waals surface area contributed by atoms with Gasteiger partial charge < -0.3 is 19.7 Å². The summed E-state index contributed by atoms with van der Waals surface area (Å²) in [7, 11) is 0. The first-order chi connectivity index (χ1) is 12.0. The summed E-state index contributed by atoms with van der Waals surface area (Å²) in [6, 6.07) is 12.9. The van der Waals surface area contributed by atoms with Gasteiger partial charge in [0.1, 0.15) is 0 Å². The predicted molar refractivity (Wildman–Crippen MR) is 95.0 cm³/mol. The molecule has 3 rings (SSSR count). The highest BCUT2D eigenvalue weighted by atomic mass is 16.7. The SMILES string of the molecule is CC(=O)N(CCC(=O)Nc1ccc2c(c1)OCO2)c1cccc(C)c1. The zero-order chi connectivity index (χ0) is 17.8. The van der Waals surface area contributed by atoms with Gasteiger partial charge in [0.25, 0.3) is 0 Å². The highest BCUT2D eigenvalue weighted by molar-refractivity contribution is 5.95. The lowest BCUT2D eigenvalue weighted by Gasteiger charge is -2.21. The first kappa shape index (κ1) is 16.8. The summed E-state index contributed by atoms with van der Waals surface area (Å²) in [5.74, 6) is 1.02. The van der Waals surface area contributed by atoms with Crippen LogP contribution in [0.3, 0.4) is 0 Å². The number of nitrogens with zero attached hydrogens (tertiary/aromatic N) is 1. The number of carbonyl (C=O) groups excluding carboxylic acids is 2. The average molecular weight is 340 g/mol. The molecule has 1 N–H and O–H groups in total. The van der Waals surface area contributed by atoms with E-state index in [-0.39, 0.29) is 25.0 Å². The Labute approximate surface area is 146 Å². The fourth-order valence-corrected chi connectivity index (χ4v) is 2.68. The Kier molecular flexibility index (Phi) is 4.88. The normalized spacial score (nSPS) is 11.9. The van der Waals surface area contributed by atoms with Crippen LogP contribution in [0.4, 0.5) is 11.4 Å². The third kappa shape index (κ3) is 4.09. The van der Waals surface area contributed by atoms with Crippen molar-refractivity contribution in [1.29, 1.82) is 0 Å². The molecule has 0 aliphatic carbocycles. The number of anilines is 2. The summed E-state index contributed by atoms with van der Waals surface area (Å²) >= 11 is 0. The molecule has 2 aromatic rings. The van der Waals surface area contributed by atoms with Crippen molar-refractivity contribution in [3.05, 3.63) is 48.0 Å². The van der Waals surface area contributed by atoms with Crippen LogP contribution in [-0.2, 0) is 9.59 Å². The number of hydrogen-bond donors (Lipinski definition) is 1. The number of benzene rings is 2. The van der Waals surface area contributed by atoms with Crippen LogP contribution in [0.25, 0.3) is 0 Å². The maximum atomic E-state index is 12.2. The number of carbonyl (C=O) groups is 2. The van der Waals surface area contributed by atoms with E-state index in [0.717, 1.165) is 11.3 Å². The number of nitrogens with one attached hydrogen (secondary N) is 1. The lowest BCUT2D eigenvalue weighted by atomic mass is 10.2. The van der Waals surface area contributed by atoms with Gasteiger partial charge in [-0.25, -0.2) is 0 Å². The van der Waals surface area contributed by atoms with Crippen molar-refractivity contribution in [2.24, 2.45) is 0 Å². The van der Waals surface area contributed by atoms with Crippen molar-refractivity contribution in [1.82, 2.24) is 0 Å². The number of amides is 2. The molecular formula is C19H20N2O4. The molecule has 0 saturated heterocycles. The summed E-state index contributed by atoms with van der Waals surface area (Å²) in [5.41, 5.74) is 2.50. The Morgan fingerprint density at radius 1 is 1.12 bits per heavy atom. The summed E-state index contributed by atoms with van der Waals surface area (Å²) < 4.78 is 10.5. The largest absolute Gasteiger partial charge is 0.454 e. The fraction of sp³-hybridized carbons (Fsp3) is 0.263. The molecule has 1 heterocycles. The second-order valence-corrected chi connectivity index (χ2v) is 5.88. The smallest absolute Gasteiger partial charge is 0.231 e. The van der Waals surface area contributed by atoms with Crippen LogP contribution in [-0.4, -0.2) is 25.2 Å². The second kappa shape index (κ2) is 7.25. The molecule has 0 radical (unpaired) electrons. The quantitative estimate of drug-likeness (QED) is 0.908. The number of rotatable bonds is 5. The van der Waals surface area contributed by atoms with Gasteiger partial charge in [-0.1, -0.05) is 12.1 Å². The first-order valence-electron chi connectivity index (χ1n) is 8.07. The molecule has 0 aromatic heterocycles. The highest BCUT2D eigenvalue weighted by Gasteiger charge is 2.16. The first-order valence-corrected chi connectivity index (χ1v) is 8.07. The van der Waals surface area contributed by atoms with E-state index in [1.807, 2.05) is 31.2 Å². The predicted octanol–water partition coefficient (Wildman–Crippen LogP) is 3.11. The minimum absolute atomic E-state index is 0.0959. The van der Waals surface area contributed by atoms with E-state index in [1.165, 1.54) is 6.92 Å². The van der Waals surface area contributed by atoms with Gasteiger partial charge in [0, 0.05) is 37.3 Å². The molecule has 2 amide bonds. The molecule has 6 heteroatoms. The maximum Gasteiger partial charge on any atom is 0.231 e. The Morgan fingerprint density at radius 3 is 2.68 bits per heavy atom. The lowest BCUT2D eigenvalue weighted by molar-refractivity contribution is -0.117. The molecule has 0 unspecified atom stereocenters. The van der Waals surface area contributed by atoms with Crippen molar-refractivity contribution >= 4 is 23.2 Å². The second-order valence-electron chi connectivity index (χ2n) is 5.88. The van der Waals surface area contributed by atoms with Crippen molar-refractivity contribution < 1.29 is 19.1 Å². The molecule has 1 aliphatic heterocycles. The molecule has 2 aromatic carbocycles. The summed E-state index contributed by atoms with van der Waals surface area (Å²) in [6.07, 6.45) is 0.196. The van der Waals surface area contributed by atoms with Crippen molar-refractivity contribution in [3.63, 3.8) is 0 Å². The van der Waals surface area contributed by atoms with E-state index in [4.69, 9.17) is 9.47 Å². The fourth-order valence-electron chi connectivity index (χ4n) is 2.68. The Morgan fingerprint density at radius 2 is 1.92 bits per heavy atom. The number of hydrogen-bond acceptors (Lipinski definition) is 4. The maximum absolute atomic E-state index is 12.2. The molecule has 6 nitrogen and oxygen atoms in total. The standard InChI is InChI=1S/C19H20N2O4/c1-13-4-3-5-16(10-13)21(14(2)22)9-8-19(23)20-15-6-7-17-18(11-15)25-12-24-17/h3-7,10-11H,8-9,12H2,1-2H3,(H,20,23). The Hall–Kier alpha value is -3.02. The topological polar surface area (TPSA) is 67.9 Å². The highest BCUT2D eigenvalue weighted by Crippen LogP contribution is 2.34. The molecule has 0 bridgehead atoms. The van der Waals surface area contributed by atoms with E-state index in [2.05, 4.69) is 5.32 Å². The van der Waals surface area contributed by atoms with Gasteiger partial charge in [0.15, 0.2) is 11.5 Å². The molecule has 0 atom stereocenters. The van der Waals surface area contributed by atoms with Crippen LogP contribution < -0.4 is 19.7 Å². The van der Waals surface area contributed by atoms with Gasteiger partial charge in [-0.3, -0.25) is 9.59 Å². The van der Waals surface area contributed by atoms with Crippen molar-refractivity contribution in [2.75, 3.05) is 23.6 Å². The zero-order valence-corrected chi connectivity index (χ0v) is 14.2. The van der Waals surface area contributed by atoms with Gasteiger partial charge in [-0.05, 0) is 36.8 Å². The van der Waals surface area contributed by atoms with Crippen molar-refractivity contribution in [3.8, 4) is 11.5 Å².